The molecule has 0 radical (unpaired) electrons. The predicted molar refractivity (Wildman–Crippen MR) is 137 cm³/mol. The molecular weight excluding hydrogens is 499 g/mol. The van der Waals surface area contributed by atoms with Gasteiger partial charge in [-0.05, 0) is 41.3 Å². The number of aromatic nitrogens is 4. The third kappa shape index (κ3) is 3.74. The van der Waals surface area contributed by atoms with E-state index in [1.807, 2.05) is 24.3 Å². The fourth-order valence-corrected chi connectivity index (χ4v) is 5.55. The summed E-state index contributed by atoms with van der Waals surface area (Å²) in [4.78, 5) is 23.0. The van der Waals surface area contributed by atoms with Gasteiger partial charge in [-0.15, -0.1) is 5.10 Å². The Bertz CT molecular complexity index is 1570. The van der Waals surface area contributed by atoms with Crippen molar-refractivity contribution < 1.29 is 14.3 Å². The maximum Gasteiger partial charge on any atom is 0.228 e. The zero-order valence-electron chi connectivity index (χ0n) is 19.9. The molecule has 7 nitrogen and oxygen atoms in total. The molecule has 0 bridgehead atoms. The minimum absolute atomic E-state index is 0.0650. The lowest BCUT2D eigenvalue weighted by atomic mass is 9.70. The van der Waals surface area contributed by atoms with Crippen LogP contribution in [0.25, 0.3) is 17.0 Å². The van der Waals surface area contributed by atoms with E-state index < -0.39 is 5.92 Å². The zero-order valence-corrected chi connectivity index (χ0v) is 21.4. The number of benzene rings is 2. The smallest absolute Gasteiger partial charge is 0.228 e. The first kappa shape index (κ1) is 23.0. The maximum absolute atomic E-state index is 13.5. The Morgan fingerprint density at radius 2 is 1.89 bits per heavy atom. The Morgan fingerprint density at radius 1 is 1.11 bits per heavy atom. The van der Waals surface area contributed by atoms with Crippen molar-refractivity contribution in [1.29, 1.82) is 0 Å². The number of hydrogen-bond acceptors (Lipinski definition) is 6. The minimum Gasteiger partial charge on any atom is -0.497 e. The first-order valence-electron chi connectivity index (χ1n) is 11.5. The molecule has 1 atom stereocenters. The summed E-state index contributed by atoms with van der Waals surface area (Å²) in [5.41, 5.74) is 3.26. The van der Waals surface area contributed by atoms with Gasteiger partial charge in [-0.25, -0.2) is 14.5 Å². The molecule has 2 aliphatic rings. The van der Waals surface area contributed by atoms with Crippen molar-refractivity contribution in [3.05, 3.63) is 81.3 Å². The molecule has 1 aliphatic carbocycles. The van der Waals surface area contributed by atoms with Gasteiger partial charge in [-0.3, -0.25) is 4.79 Å². The Kier molecular flexibility index (Phi) is 5.32. The van der Waals surface area contributed by atoms with E-state index >= 15 is 0 Å². The number of fused-ring (bicyclic) bond motifs is 3. The molecule has 0 spiro atoms. The highest BCUT2D eigenvalue weighted by Crippen LogP contribution is 2.50. The van der Waals surface area contributed by atoms with E-state index in [1.54, 1.807) is 36.2 Å². The molecule has 36 heavy (non-hydrogen) atoms. The van der Waals surface area contributed by atoms with Gasteiger partial charge >= 0.3 is 0 Å². The third-order valence-electron chi connectivity index (χ3n) is 6.68. The predicted octanol–water partition coefficient (Wildman–Crippen LogP) is 6.27. The van der Waals surface area contributed by atoms with E-state index in [2.05, 4.69) is 23.9 Å². The van der Waals surface area contributed by atoms with Crippen molar-refractivity contribution in [3.8, 4) is 23.0 Å². The van der Waals surface area contributed by atoms with Crippen LogP contribution in [0.5, 0.6) is 11.6 Å². The van der Waals surface area contributed by atoms with Crippen molar-refractivity contribution >= 4 is 34.6 Å². The number of halogens is 2. The summed E-state index contributed by atoms with van der Waals surface area (Å²) < 4.78 is 13.3. The quantitative estimate of drug-likeness (QED) is 0.316. The molecule has 9 heteroatoms. The van der Waals surface area contributed by atoms with Gasteiger partial charge in [0.25, 0.3) is 0 Å². The lowest BCUT2D eigenvalue weighted by Gasteiger charge is -2.37. The molecule has 182 valence electrons. The van der Waals surface area contributed by atoms with Gasteiger partial charge < -0.3 is 9.47 Å². The lowest BCUT2D eigenvalue weighted by Crippen LogP contribution is -2.33. The molecule has 1 aliphatic heterocycles. The fraction of sp³-hybridized carbons (Fsp3) is 0.259. The van der Waals surface area contributed by atoms with Crippen LogP contribution in [0, 0.1) is 5.41 Å². The van der Waals surface area contributed by atoms with Crippen molar-refractivity contribution in [3.63, 3.8) is 0 Å². The van der Waals surface area contributed by atoms with Crippen LogP contribution in [0.1, 0.15) is 43.7 Å². The summed E-state index contributed by atoms with van der Waals surface area (Å²) in [6.07, 6.45) is 2.65. The van der Waals surface area contributed by atoms with Crippen LogP contribution >= 0.6 is 23.2 Å². The second-order valence-electron chi connectivity index (χ2n) is 9.88. The van der Waals surface area contributed by atoms with Crippen LogP contribution < -0.4 is 9.47 Å². The second-order valence-corrected chi connectivity index (χ2v) is 10.7. The van der Waals surface area contributed by atoms with Gasteiger partial charge in [0.05, 0.1) is 17.7 Å². The molecule has 3 heterocycles. The molecule has 0 amide bonds. The van der Waals surface area contributed by atoms with Gasteiger partial charge in [0.1, 0.15) is 17.8 Å². The normalized spacial score (nSPS) is 18.6. The van der Waals surface area contributed by atoms with Gasteiger partial charge in [0.15, 0.2) is 17.3 Å². The number of nitrogens with zero attached hydrogens (tertiary/aromatic N) is 4. The summed E-state index contributed by atoms with van der Waals surface area (Å²) >= 11 is 12.5. The van der Waals surface area contributed by atoms with E-state index in [0.717, 1.165) is 11.3 Å². The Labute approximate surface area is 217 Å². The Hall–Kier alpha value is -3.42. The minimum atomic E-state index is -0.410. The molecule has 2 aromatic carbocycles. The van der Waals surface area contributed by atoms with Crippen molar-refractivity contribution in [1.82, 2.24) is 19.6 Å². The SMILES string of the molecule is COc1ccc(C2C3=C(CC(C)(C)CC3=O)Oc3ncn4nc(-c5ccc(Cl)cc5Cl)nc4c32)cc1. The number of allylic oxidation sites excluding steroid dienone is 2. The molecule has 0 saturated heterocycles. The fourth-order valence-electron chi connectivity index (χ4n) is 5.06. The van der Waals surface area contributed by atoms with Gasteiger partial charge in [0.2, 0.25) is 5.88 Å². The molecule has 6 rings (SSSR count). The number of carbonyl (C=O) groups excluding carboxylic acids is 1. The summed E-state index contributed by atoms with van der Waals surface area (Å²) in [6.45, 7) is 4.15. The number of hydrogen-bond donors (Lipinski definition) is 0. The van der Waals surface area contributed by atoms with Crippen molar-refractivity contribution in [2.45, 2.75) is 32.6 Å². The summed E-state index contributed by atoms with van der Waals surface area (Å²) in [7, 11) is 1.62. The van der Waals surface area contributed by atoms with E-state index in [-0.39, 0.29) is 11.2 Å². The number of ether oxygens (including phenoxy) is 2. The number of carbonyl (C=O) groups is 1. The van der Waals surface area contributed by atoms with Crippen LogP contribution in [0.2, 0.25) is 10.0 Å². The van der Waals surface area contributed by atoms with Crippen LogP contribution in [-0.2, 0) is 4.79 Å². The van der Waals surface area contributed by atoms with Gasteiger partial charge in [-0.1, -0.05) is 49.2 Å². The molecule has 2 aromatic heterocycles. The number of ketones is 1. The largest absolute Gasteiger partial charge is 0.497 e. The van der Waals surface area contributed by atoms with E-state index in [0.29, 0.717) is 62.7 Å². The second kappa shape index (κ2) is 8.32. The molecule has 1 unspecified atom stereocenters. The Morgan fingerprint density at radius 3 is 2.61 bits per heavy atom. The third-order valence-corrected chi connectivity index (χ3v) is 7.23. The highest BCUT2D eigenvalue weighted by Gasteiger charge is 2.44. The first-order valence-corrected chi connectivity index (χ1v) is 12.3. The van der Waals surface area contributed by atoms with E-state index in [9.17, 15) is 4.79 Å². The van der Waals surface area contributed by atoms with Gasteiger partial charge in [-0.2, -0.15) is 0 Å². The Balaban J connectivity index is 1.59. The first-order chi connectivity index (χ1) is 17.2. The average molecular weight is 521 g/mol. The van der Waals surface area contributed by atoms with Crippen LogP contribution in [0.3, 0.4) is 0 Å². The molecular formula is C27H22Cl2N4O3. The summed E-state index contributed by atoms with van der Waals surface area (Å²) in [5, 5.41) is 5.59. The molecule has 0 N–H and O–H groups in total. The summed E-state index contributed by atoms with van der Waals surface area (Å²) in [5.74, 6) is 1.91. The van der Waals surface area contributed by atoms with E-state index in [4.69, 9.17) is 37.7 Å². The highest BCUT2D eigenvalue weighted by atomic mass is 35.5. The average Bonchev–Trinajstić information content (AvgIpc) is 3.26. The standard InChI is InChI=1S/C27H22Cl2N4O3/c1-27(2)11-19(34)22-20(12-27)36-26-23(21(22)14-4-7-16(35-3)8-5-14)25-31-24(32-33(25)13-30-26)17-9-6-15(28)10-18(17)29/h4-10,13,21H,11-12H2,1-3H3. The number of Topliss-reactive ketones (excluding diaryl/α,β-unsaturated/α-hetero) is 1. The molecule has 0 saturated carbocycles. The summed E-state index contributed by atoms with van der Waals surface area (Å²) in [6, 6.07) is 12.9. The van der Waals surface area contributed by atoms with E-state index in [1.165, 1.54) is 0 Å². The van der Waals surface area contributed by atoms with Crippen LogP contribution in [-0.4, -0.2) is 32.5 Å². The van der Waals surface area contributed by atoms with Crippen molar-refractivity contribution in [2.75, 3.05) is 7.11 Å². The molecule has 0 fully saturated rings. The monoisotopic (exact) mass is 520 g/mol. The topological polar surface area (TPSA) is 78.6 Å². The van der Waals surface area contributed by atoms with Crippen LogP contribution in [0.15, 0.2) is 60.1 Å². The van der Waals surface area contributed by atoms with Gasteiger partial charge in [0, 0.05) is 34.9 Å². The van der Waals surface area contributed by atoms with Crippen LogP contribution in [0.4, 0.5) is 0 Å². The molecule has 4 aromatic rings. The highest BCUT2D eigenvalue weighted by molar-refractivity contribution is 6.36. The maximum atomic E-state index is 13.5. The number of methoxy groups -OCH3 is 1. The zero-order chi connectivity index (χ0) is 25.2. The number of rotatable bonds is 3. The lowest BCUT2D eigenvalue weighted by molar-refractivity contribution is -0.118. The van der Waals surface area contributed by atoms with Crippen molar-refractivity contribution in [2.24, 2.45) is 5.41 Å².